The van der Waals surface area contributed by atoms with Crippen LogP contribution in [-0.2, 0) is 4.74 Å². The van der Waals surface area contributed by atoms with Crippen LogP contribution in [-0.4, -0.2) is 31.6 Å². The second-order valence-electron chi connectivity index (χ2n) is 5.21. The first-order valence-corrected chi connectivity index (χ1v) is 6.69. The standard InChI is InChI=1S/C15H21NO3/c1-3-8-19-12-7-5-4-6-11(12)14(17)15(2)10-18-9-13(15)16/h4-7,13H,3,8-10,16H2,1-2H3. The van der Waals surface area contributed by atoms with Crippen molar-refractivity contribution in [3.8, 4) is 5.75 Å². The van der Waals surface area contributed by atoms with E-state index in [9.17, 15) is 4.79 Å². The van der Waals surface area contributed by atoms with E-state index in [1.54, 1.807) is 6.07 Å². The minimum atomic E-state index is -0.661. The highest BCUT2D eigenvalue weighted by Gasteiger charge is 2.45. The topological polar surface area (TPSA) is 61.5 Å². The van der Waals surface area contributed by atoms with Gasteiger partial charge in [0.2, 0.25) is 0 Å². The number of benzene rings is 1. The van der Waals surface area contributed by atoms with Crippen molar-refractivity contribution >= 4 is 5.78 Å². The van der Waals surface area contributed by atoms with Gasteiger partial charge in [-0.25, -0.2) is 0 Å². The van der Waals surface area contributed by atoms with E-state index in [1.165, 1.54) is 0 Å². The zero-order chi connectivity index (χ0) is 13.9. The smallest absolute Gasteiger partial charge is 0.176 e. The van der Waals surface area contributed by atoms with Crippen LogP contribution in [0.3, 0.4) is 0 Å². The van der Waals surface area contributed by atoms with E-state index in [1.807, 2.05) is 32.0 Å². The van der Waals surface area contributed by atoms with Crippen molar-refractivity contribution in [3.63, 3.8) is 0 Å². The Hall–Kier alpha value is -1.39. The summed E-state index contributed by atoms with van der Waals surface area (Å²) in [5, 5.41) is 0. The number of para-hydroxylation sites is 1. The fraction of sp³-hybridized carbons (Fsp3) is 0.533. The third-order valence-electron chi connectivity index (χ3n) is 3.63. The van der Waals surface area contributed by atoms with E-state index in [4.69, 9.17) is 15.2 Å². The summed E-state index contributed by atoms with van der Waals surface area (Å²) in [5.74, 6) is 0.638. The Balaban J connectivity index is 2.28. The van der Waals surface area contributed by atoms with Gasteiger partial charge in [-0.1, -0.05) is 19.1 Å². The number of rotatable bonds is 5. The number of Topliss-reactive ketones (excluding diaryl/α,β-unsaturated/α-hetero) is 1. The predicted molar refractivity (Wildman–Crippen MR) is 73.5 cm³/mol. The molecule has 1 aromatic carbocycles. The molecule has 4 heteroatoms. The highest BCUT2D eigenvalue weighted by atomic mass is 16.5. The Bertz CT molecular complexity index is 460. The quantitative estimate of drug-likeness (QED) is 0.826. The maximum Gasteiger partial charge on any atom is 0.176 e. The zero-order valence-corrected chi connectivity index (χ0v) is 11.5. The van der Waals surface area contributed by atoms with Crippen LogP contribution in [0.2, 0.25) is 0 Å². The van der Waals surface area contributed by atoms with Crippen LogP contribution in [0.4, 0.5) is 0 Å². The molecule has 19 heavy (non-hydrogen) atoms. The first-order chi connectivity index (χ1) is 9.09. The summed E-state index contributed by atoms with van der Waals surface area (Å²) in [6, 6.07) is 7.07. The molecule has 1 aliphatic rings. The van der Waals surface area contributed by atoms with Gasteiger partial charge in [0.15, 0.2) is 5.78 Å². The molecule has 1 aromatic rings. The molecule has 0 spiro atoms. The number of hydrogen-bond acceptors (Lipinski definition) is 4. The van der Waals surface area contributed by atoms with Gasteiger partial charge >= 0.3 is 0 Å². The number of hydrogen-bond donors (Lipinski definition) is 1. The molecule has 2 atom stereocenters. The molecule has 0 bridgehead atoms. The van der Waals surface area contributed by atoms with Crippen molar-refractivity contribution in [1.29, 1.82) is 0 Å². The summed E-state index contributed by atoms with van der Waals surface area (Å²) in [7, 11) is 0. The summed E-state index contributed by atoms with van der Waals surface area (Å²) >= 11 is 0. The lowest BCUT2D eigenvalue weighted by Crippen LogP contribution is -2.44. The molecule has 1 heterocycles. The van der Waals surface area contributed by atoms with E-state index in [0.717, 1.165) is 6.42 Å². The molecule has 0 aliphatic carbocycles. The molecular weight excluding hydrogens is 242 g/mol. The monoisotopic (exact) mass is 263 g/mol. The maximum absolute atomic E-state index is 12.7. The van der Waals surface area contributed by atoms with E-state index >= 15 is 0 Å². The van der Waals surface area contributed by atoms with Crippen molar-refractivity contribution < 1.29 is 14.3 Å². The first-order valence-electron chi connectivity index (χ1n) is 6.69. The van der Waals surface area contributed by atoms with Crippen molar-refractivity contribution in [2.45, 2.75) is 26.3 Å². The zero-order valence-electron chi connectivity index (χ0n) is 11.5. The fourth-order valence-electron chi connectivity index (χ4n) is 2.22. The van der Waals surface area contributed by atoms with Crippen LogP contribution < -0.4 is 10.5 Å². The Morgan fingerprint density at radius 3 is 2.89 bits per heavy atom. The van der Waals surface area contributed by atoms with Gasteiger partial charge in [0.25, 0.3) is 0 Å². The number of carbonyl (C=O) groups is 1. The maximum atomic E-state index is 12.7. The molecule has 2 N–H and O–H groups in total. The number of carbonyl (C=O) groups excluding carboxylic acids is 1. The summed E-state index contributed by atoms with van der Waals surface area (Å²) in [6.07, 6.45) is 0.905. The van der Waals surface area contributed by atoms with Crippen molar-refractivity contribution in [1.82, 2.24) is 0 Å². The van der Waals surface area contributed by atoms with Gasteiger partial charge in [-0.15, -0.1) is 0 Å². The van der Waals surface area contributed by atoms with Gasteiger partial charge in [-0.2, -0.15) is 0 Å². The van der Waals surface area contributed by atoms with Crippen LogP contribution in [0.25, 0.3) is 0 Å². The van der Waals surface area contributed by atoms with Gasteiger partial charge in [0.05, 0.1) is 30.8 Å². The van der Waals surface area contributed by atoms with Crippen LogP contribution in [0.15, 0.2) is 24.3 Å². The van der Waals surface area contributed by atoms with Gasteiger partial charge in [-0.05, 0) is 25.5 Å². The lowest BCUT2D eigenvalue weighted by Gasteiger charge is -2.26. The molecule has 1 saturated heterocycles. The molecule has 1 aliphatic heterocycles. The van der Waals surface area contributed by atoms with E-state index in [2.05, 4.69) is 0 Å². The van der Waals surface area contributed by atoms with Gasteiger partial charge in [-0.3, -0.25) is 4.79 Å². The SMILES string of the molecule is CCCOc1ccccc1C(=O)C1(C)COCC1N. The van der Waals surface area contributed by atoms with Crippen molar-refractivity contribution in [3.05, 3.63) is 29.8 Å². The predicted octanol–water partition coefficient (Wildman–Crippen LogP) is 2.02. The third-order valence-corrected chi connectivity index (χ3v) is 3.63. The summed E-state index contributed by atoms with van der Waals surface area (Å²) in [5.41, 5.74) is 5.95. The molecule has 4 nitrogen and oxygen atoms in total. The normalized spacial score (nSPS) is 26.4. The van der Waals surface area contributed by atoms with E-state index in [0.29, 0.717) is 31.1 Å². The second-order valence-corrected chi connectivity index (χ2v) is 5.21. The molecule has 0 saturated carbocycles. The average molecular weight is 263 g/mol. The number of ether oxygens (including phenoxy) is 2. The minimum absolute atomic E-state index is 0.00389. The van der Waals surface area contributed by atoms with Crippen LogP contribution in [0, 0.1) is 5.41 Å². The van der Waals surface area contributed by atoms with Gasteiger partial charge in [0.1, 0.15) is 5.75 Å². The van der Waals surface area contributed by atoms with E-state index < -0.39 is 5.41 Å². The van der Waals surface area contributed by atoms with Gasteiger partial charge < -0.3 is 15.2 Å². The van der Waals surface area contributed by atoms with E-state index in [-0.39, 0.29) is 11.8 Å². The molecular formula is C15H21NO3. The molecule has 0 radical (unpaired) electrons. The first kappa shape index (κ1) is 14.0. The van der Waals surface area contributed by atoms with Gasteiger partial charge in [0, 0.05) is 6.04 Å². The lowest BCUT2D eigenvalue weighted by atomic mass is 9.78. The summed E-state index contributed by atoms with van der Waals surface area (Å²) in [6.45, 7) is 5.30. The molecule has 104 valence electrons. The Morgan fingerprint density at radius 2 is 2.26 bits per heavy atom. The molecule has 1 fully saturated rings. The number of ketones is 1. The molecule has 0 amide bonds. The Labute approximate surface area is 113 Å². The summed E-state index contributed by atoms with van der Waals surface area (Å²) in [4.78, 5) is 12.7. The molecule has 2 unspecified atom stereocenters. The van der Waals surface area contributed by atoms with Crippen molar-refractivity contribution in [2.24, 2.45) is 11.1 Å². The molecule has 2 rings (SSSR count). The fourth-order valence-corrected chi connectivity index (χ4v) is 2.22. The Morgan fingerprint density at radius 1 is 1.53 bits per heavy atom. The average Bonchev–Trinajstić information content (AvgIpc) is 2.77. The van der Waals surface area contributed by atoms with Crippen molar-refractivity contribution in [2.75, 3.05) is 19.8 Å². The molecule has 0 aromatic heterocycles. The number of nitrogens with two attached hydrogens (primary N) is 1. The lowest BCUT2D eigenvalue weighted by molar-refractivity contribution is 0.0763. The minimum Gasteiger partial charge on any atom is -0.493 e. The third kappa shape index (κ3) is 2.65. The van der Waals surface area contributed by atoms with Crippen LogP contribution in [0.1, 0.15) is 30.6 Å². The second kappa shape index (κ2) is 5.72. The summed E-state index contributed by atoms with van der Waals surface area (Å²) < 4.78 is 11.0. The largest absolute Gasteiger partial charge is 0.493 e. The highest BCUT2D eigenvalue weighted by Crippen LogP contribution is 2.34. The van der Waals surface area contributed by atoms with Crippen LogP contribution in [0.5, 0.6) is 5.75 Å². The highest BCUT2D eigenvalue weighted by molar-refractivity contribution is 6.03. The Kier molecular flexibility index (Phi) is 4.22. The van der Waals surface area contributed by atoms with Crippen LogP contribution >= 0.6 is 0 Å².